The monoisotopic (exact) mass is 1070 g/mol. The fourth-order valence-electron chi connectivity index (χ4n) is 7.73. The molecule has 0 saturated heterocycles. The Morgan fingerprint density at radius 3 is 0.608 bits per heavy atom. The van der Waals surface area contributed by atoms with Gasteiger partial charge >= 0.3 is 11.9 Å². The highest BCUT2D eigenvalue weighted by molar-refractivity contribution is 5.67. The fraction of sp³-hybridized carbons (Fsp3) is 0.964. The van der Waals surface area contributed by atoms with Gasteiger partial charge in [-0.25, -0.2) is 0 Å². The molecule has 0 saturated carbocycles. The summed E-state index contributed by atoms with van der Waals surface area (Å²) in [7, 11) is 0. The van der Waals surface area contributed by atoms with E-state index in [0.717, 1.165) is 39.0 Å². The lowest BCUT2D eigenvalue weighted by atomic mass is 10.1. The zero-order valence-electron chi connectivity index (χ0n) is 47.3. The second kappa shape index (κ2) is 63.9. The third-order valence-electron chi connectivity index (χ3n) is 12.1. The number of carboxylic acids is 2. The Balaban J connectivity index is 3.40. The zero-order chi connectivity index (χ0) is 53.6. The van der Waals surface area contributed by atoms with Crippen molar-refractivity contribution < 1.29 is 76.6 Å². The summed E-state index contributed by atoms with van der Waals surface area (Å²) in [6.45, 7) is 20.8. The van der Waals surface area contributed by atoms with E-state index in [1.807, 2.05) is 0 Å². The van der Waals surface area contributed by atoms with Crippen molar-refractivity contribution in [3.05, 3.63) is 0 Å². The van der Waals surface area contributed by atoms with Crippen molar-refractivity contribution in [1.29, 1.82) is 0 Å². The largest absolute Gasteiger partial charge is 0.481 e. The van der Waals surface area contributed by atoms with Gasteiger partial charge in [0.1, 0.15) is 0 Å². The van der Waals surface area contributed by atoms with Crippen LogP contribution in [0.4, 0.5) is 0 Å². The first-order chi connectivity index (χ1) is 36.5. The van der Waals surface area contributed by atoms with Gasteiger partial charge in [-0.05, 0) is 25.9 Å². The van der Waals surface area contributed by atoms with Gasteiger partial charge in [0.15, 0.2) is 0 Å². The van der Waals surface area contributed by atoms with Crippen LogP contribution in [0.2, 0.25) is 0 Å². The maximum atomic E-state index is 11.1. The zero-order valence-corrected chi connectivity index (χ0v) is 47.3. The van der Waals surface area contributed by atoms with Gasteiger partial charge in [0, 0.05) is 26.2 Å². The summed E-state index contributed by atoms with van der Waals surface area (Å²) >= 11 is 0. The van der Waals surface area contributed by atoms with Crippen LogP contribution in [0, 0.1) is 0 Å². The molecule has 0 amide bonds. The third-order valence-corrected chi connectivity index (χ3v) is 12.1. The number of unbranched alkanes of at least 4 members (excludes halogenated alkanes) is 18. The Morgan fingerprint density at radius 1 is 0.243 bits per heavy atom. The smallest absolute Gasteiger partial charge is 0.304 e. The first kappa shape index (κ1) is 72.4. The van der Waals surface area contributed by atoms with Crippen LogP contribution < -0.4 is 0 Å². The van der Waals surface area contributed by atoms with E-state index in [9.17, 15) is 9.59 Å². The lowest BCUT2D eigenvalue weighted by Crippen LogP contribution is -2.31. The molecule has 18 heteroatoms. The first-order valence-corrected chi connectivity index (χ1v) is 29.3. The quantitative estimate of drug-likeness (QED) is 0.0550. The molecule has 0 aromatic carbocycles. The van der Waals surface area contributed by atoms with E-state index < -0.39 is 11.9 Å². The van der Waals surface area contributed by atoms with Crippen molar-refractivity contribution >= 4 is 11.9 Å². The van der Waals surface area contributed by atoms with Crippen molar-refractivity contribution in [3.8, 4) is 0 Å². The van der Waals surface area contributed by atoms with Gasteiger partial charge in [-0.2, -0.15) is 0 Å². The molecule has 0 aromatic heterocycles. The van der Waals surface area contributed by atoms with Crippen LogP contribution in [-0.2, 0) is 66.4 Å². The molecule has 2 N–H and O–H groups in total. The molecule has 0 spiro atoms. The number of rotatable bonds is 67. The average molecular weight is 1070 g/mol. The van der Waals surface area contributed by atoms with E-state index in [2.05, 4.69) is 23.6 Å². The Kier molecular flexibility index (Phi) is 62.5. The summed E-state index contributed by atoms with van der Waals surface area (Å²) in [6, 6.07) is 0. The van der Waals surface area contributed by atoms with Crippen LogP contribution in [0.3, 0.4) is 0 Å². The number of nitrogens with zero attached hydrogens (tertiary/aromatic N) is 2. The van der Waals surface area contributed by atoms with Gasteiger partial charge in [0.25, 0.3) is 0 Å². The Bertz CT molecular complexity index is 1020. The van der Waals surface area contributed by atoms with E-state index in [4.69, 9.17) is 67.1 Å². The summed E-state index contributed by atoms with van der Waals surface area (Å²) in [5.41, 5.74) is 0. The van der Waals surface area contributed by atoms with E-state index in [0.29, 0.717) is 172 Å². The van der Waals surface area contributed by atoms with Gasteiger partial charge in [0.05, 0.1) is 171 Å². The summed E-state index contributed by atoms with van der Waals surface area (Å²) in [6.07, 6.45) is 26.1. The molecular formula is C56H112N2O16. The van der Waals surface area contributed by atoms with E-state index >= 15 is 0 Å². The third kappa shape index (κ3) is 62.9. The summed E-state index contributed by atoms with van der Waals surface area (Å²) < 4.78 is 67.1. The lowest BCUT2D eigenvalue weighted by Gasteiger charge is -2.21. The number of hydrogen-bond acceptors (Lipinski definition) is 16. The molecule has 0 aliphatic carbocycles. The molecule has 0 bridgehead atoms. The van der Waals surface area contributed by atoms with Gasteiger partial charge in [-0.15, -0.1) is 0 Å². The molecule has 442 valence electrons. The Labute approximate surface area is 450 Å². The predicted molar refractivity (Wildman–Crippen MR) is 291 cm³/mol. The van der Waals surface area contributed by atoms with E-state index in [-0.39, 0.29) is 12.8 Å². The van der Waals surface area contributed by atoms with E-state index in [1.54, 1.807) is 0 Å². The van der Waals surface area contributed by atoms with Crippen molar-refractivity contribution in [3.63, 3.8) is 0 Å². The molecule has 0 unspecified atom stereocenters. The molecular weight excluding hydrogens is 957 g/mol. The topological polar surface area (TPSA) is 192 Å². The second-order valence-electron chi connectivity index (χ2n) is 18.7. The molecule has 0 fully saturated rings. The maximum absolute atomic E-state index is 11.1. The van der Waals surface area contributed by atoms with Crippen LogP contribution in [0.5, 0.6) is 0 Å². The second-order valence-corrected chi connectivity index (χ2v) is 18.7. The molecule has 0 atom stereocenters. The van der Waals surface area contributed by atoms with Gasteiger partial charge in [-0.1, -0.05) is 129 Å². The molecule has 0 aromatic rings. The minimum absolute atomic E-state index is 0.157. The SMILES string of the molecule is CCCCCCCCCCCCN(CCOCCOCCOCCOCCOCCOCCOCCOCCOCCOCCOCCOCCN(CCCCCCCCCCCC)CCC(=O)O)CCC(=O)O. The lowest BCUT2D eigenvalue weighted by molar-refractivity contribution is -0.138. The minimum atomic E-state index is -0.759. The van der Waals surface area contributed by atoms with Crippen molar-refractivity contribution in [2.24, 2.45) is 0 Å². The fourth-order valence-corrected chi connectivity index (χ4v) is 7.73. The highest BCUT2D eigenvalue weighted by Crippen LogP contribution is 2.12. The predicted octanol–water partition coefficient (Wildman–Crippen LogP) is 8.58. The Morgan fingerprint density at radius 2 is 0.419 bits per heavy atom. The summed E-state index contributed by atoms with van der Waals surface area (Å²) in [5, 5.41) is 18.3. The number of ether oxygens (including phenoxy) is 12. The number of aliphatic carboxylic acids is 2. The maximum Gasteiger partial charge on any atom is 0.304 e. The van der Waals surface area contributed by atoms with Crippen LogP contribution in [0.15, 0.2) is 0 Å². The normalized spacial score (nSPS) is 11.8. The molecule has 0 radical (unpaired) electrons. The van der Waals surface area contributed by atoms with Gasteiger partial charge < -0.3 is 76.9 Å². The van der Waals surface area contributed by atoms with Gasteiger partial charge in [0.2, 0.25) is 0 Å². The number of carbonyl (C=O) groups is 2. The summed E-state index contributed by atoms with van der Waals surface area (Å²) in [5.74, 6) is -1.52. The van der Waals surface area contributed by atoms with Crippen LogP contribution in [-0.4, -0.2) is 230 Å². The van der Waals surface area contributed by atoms with Crippen molar-refractivity contribution in [2.45, 2.75) is 155 Å². The molecule has 0 aliphatic heterocycles. The molecule has 0 rings (SSSR count). The molecule has 74 heavy (non-hydrogen) atoms. The van der Waals surface area contributed by atoms with E-state index in [1.165, 1.54) is 116 Å². The minimum Gasteiger partial charge on any atom is -0.481 e. The molecule has 0 aliphatic rings. The number of carboxylic acid groups (broad SMARTS) is 2. The number of hydrogen-bond donors (Lipinski definition) is 2. The van der Waals surface area contributed by atoms with Crippen LogP contribution >= 0.6 is 0 Å². The molecule has 18 nitrogen and oxygen atoms in total. The van der Waals surface area contributed by atoms with Crippen molar-refractivity contribution in [2.75, 3.05) is 198 Å². The van der Waals surface area contributed by atoms with Crippen LogP contribution in [0.1, 0.15) is 155 Å². The van der Waals surface area contributed by atoms with Gasteiger partial charge in [-0.3, -0.25) is 9.59 Å². The average Bonchev–Trinajstić information content (AvgIpc) is 3.39. The molecule has 0 heterocycles. The standard InChI is InChI=1S/C56H112N2O16/c1-3-5-7-9-11-13-15-17-19-21-25-57(27-23-55(59)60)29-31-63-33-35-65-37-39-67-41-43-69-45-47-71-49-51-73-53-54-74-52-50-72-48-46-70-44-42-68-40-38-66-36-34-64-32-30-58(28-24-56(61)62)26-22-20-18-16-14-12-10-8-6-4-2/h3-54H2,1-2H3,(H,59,60)(H,61,62). The highest BCUT2D eigenvalue weighted by Gasteiger charge is 2.10. The van der Waals surface area contributed by atoms with Crippen LogP contribution in [0.25, 0.3) is 0 Å². The highest BCUT2D eigenvalue weighted by atomic mass is 16.6. The Hall–Kier alpha value is -1.62. The summed E-state index contributed by atoms with van der Waals surface area (Å²) in [4.78, 5) is 26.6. The van der Waals surface area contributed by atoms with Crippen molar-refractivity contribution in [1.82, 2.24) is 9.80 Å². The first-order valence-electron chi connectivity index (χ1n) is 29.3.